The maximum Gasteiger partial charge on any atom is 0.165 e. The molecule has 0 saturated carbocycles. The van der Waals surface area contributed by atoms with E-state index in [0.717, 1.165) is 44.6 Å². The summed E-state index contributed by atoms with van der Waals surface area (Å²) in [5, 5.41) is 12.6. The van der Waals surface area contributed by atoms with E-state index in [1.807, 2.05) is 6.07 Å². The highest BCUT2D eigenvalue weighted by Gasteiger charge is 2.22. The molecule has 1 aliphatic rings. The minimum absolute atomic E-state index is 0.257. The van der Waals surface area contributed by atoms with Gasteiger partial charge >= 0.3 is 0 Å². The van der Waals surface area contributed by atoms with Crippen molar-refractivity contribution in [3.8, 4) is 5.75 Å². The first-order chi connectivity index (χ1) is 8.72. The second-order valence-corrected chi connectivity index (χ2v) is 4.80. The van der Waals surface area contributed by atoms with E-state index in [0.29, 0.717) is 0 Å². The molecule has 4 heteroatoms. The summed E-state index contributed by atoms with van der Waals surface area (Å²) < 4.78 is 13.5. The molecule has 0 radical (unpaired) electrons. The van der Waals surface area contributed by atoms with Crippen molar-refractivity contribution in [3.05, 3.63) is 29.6 Å². The number of halogens is 1. The van der Waals surface area contributed by atoms with Gasteiger partial charge in [-0.3, -0.25) is 4.90 Å². The van der Waals surface area contributed by atoms with E-state index in [-0.39, 0.29) is 11.8 Å². The number of aromatic hydroxyl groups is 1. The molecule has 1 heterocycles. The van der Waals surface area contributed by atoms with Crippen LogP contribution in [0.25, 0.3) is 0 Å². The Morgan fingerprint density at radius 1 is 1.39 bits per heavy atom. The van der Waals surface area contributed by atoms with Crippen LogP contribution in [0.15, 0.2) is 18.2 Å². The minimum atomic E-state index is -0.524. The van der Waals surface area contributed by atoms with Gasteiger partial charge in [0.1, 0.15) is 0 Å². The molecule has 1 aromatic rings. The molecule has 0 aromatic heterocycles. The third kappa shape index (κ3) is 3.00. The van der Waals surface area contributed by atoms with Gasteiger partial charge in [0.2, 0.25) is 0 Å². The Labute approximate surface area is 108 Å². The number of piperazine rings is 1. The molecular weight excluding hydrogens is 231 g/mol. The highest BCUT2D eigenvalue weighted by molar-refractivity contribution is 5.30. The zero-order chi connectivity index (χ0) is 13.0. The quantitative estimate of drug-likeness (QED) is 0.863. The Morgan fingerprint density at radius 3 is 2.72 bits per heavy atom. The third-order valence-electron chi connectivity index (χ3n) is 3.51. The van der Waals surface area contributed by atoms with Crippen molar-refractivity contribution in [2.75, 3.05) is 26.2 Å². The van der Waals surface area contributed by atoms with E-state index < -0.39 is 5.82 Å². The Kier molecular flexibility index (Phi) is 4.55. The molecule has 3 nitrogen and oxygen atoms in total. The van der Waals surface area contributed by atoms with E-state index in [1.54, 1.807) is 0 Å². The SMILES string of the molecule is CCC[C@@H](c1ccc(O)c(F)c1)N1CCNCC1. The fourth-order valence-electron chi connectivity index (χ4n) is 2.56. The first-order valence-electron chi connectivity index (χ1n) is 6.65. The summed E-state index contributed by atoms with van der Waals surface area (Å²) in [5.41, 5.74) is 0.967. The maximum absolute atomic E-state index is 13.5. The molecule has 1 fully saturated rings. The van der Waals surface area contributed by atoms with Crippen molar-refractivity contribution in [2.45, 2.75) is 25.8 Å². The molecule has 18 heavy (non-hydrogen) atoms. The van der Waals surface area contributed by atoms with Crippen molar-refractivity contribution in [2.24, 2.45) is 0 Å². The number of phenols is 1. The molecule has 1 aliphatic heterocycles. The Balaban J connectivity index is 2.19. The number of nitrogens with one attached hydrogen (secondary N) is 1. The van der Waals surface area contributed by atoms with E-state index in [1.165, 1.54) is 12.1 Å². The summed E-state index contributed by atoms with van der Waals surface area (Å²) in [7, 11) is 0. The predicted octanol–water partition coefficient (Wildman–Crippen LogP) is 2.28. The van der Waals surface area contributed by atoms with Crippen molar-refractivity contribution in [1.82, 2.24) is 10.2 Å². The molecule has 0 spiro atoms. The average molecular weight is 252 g/mol. The first kappa shape index (κ1) is 13.3. The molecule has 0 unspecified atom stereocenters. The highest BCUT2D eigenvalue weighted by Crippen LogP contribution is 2.28. The zero-order valence-electron chi connectivity index (χ0n) is 10.8. The lowest BCUT2D eigenvalue weighted by atomic mass is 9.99. The fourth-order valence-corrected chi connectivity index (χ4v) is 2.56. The third-order valence-corrected chi connectivity index (χ3v) is 3.51. The number of nitrogens with zero attached hydrogens (tertiary/aromatic N) is 1. The number of hydrogen-bond acceptors (Lipinski definition) is 3. The van der Waals surface area contributed by atoms with Crippen LogP contribution in [0.3, 0.4) is 0 Å². The van der Waals surface area contributed by atoms with Crippen LogP contribution in [0.2, 0.25) is 0 Å². The second-order valence-electron chi connectivity index (χ2n) is 4.80. The van der Waals surface area contributed by atoms with Gasteiger partial charge < -0.3 is 10.4 Å². The molecule has 1 aromatic carbocycles. The molecule has 100 valence electrons. The van der Waals surface area contributed by atoms with Gasteiger partial charge in [0.05, 0.1) is 0 Å². The number of benzene rings is 1. The lowest BCUT2D eigenvalue weighted by molar-refractivity contribution is 0.164. The molecule has 0 bridgehead atoms. The van der Waals surface area contributed by atoms with Crippen LogP contribution in [0.4, 0.5) is 4.39 Å². The van der Waals surface area contributed by atoms with Gasteiger partial charge in [-0.2, -0.15) is 0 Å². The Morgan fingerprint density at radius 2 is 2.11 bits per heavy atom. The van der Waals surface area contributed by atoms with Gasteiger partial charge in [-0.05, 0) is 24.1 Å². The maximum atomic E-state index is 13.5. The summed E-state index contributed by atoms with van der Waals surface area (Å²) in [6, 6.07) is 5.01. The van der Waals surface area contributed by atoms with Crippen LogP contribution in [-0.2, 0) is 0 Å². The van der Waals surface area contributed by atoms with E-state index in [4.69, 9.17) is 0 Å². The second kappa shape index (κ2) is 6.16. The Hall–Kier alpha value is -1.13. The standard InChI is InChI=1S/C14H21FN2O/c1-2-3-13(17-8-6-16-7-9-17)11-4-5-14(18)12(15)10-11/h4-5,10,13,16,18H,2-3,6-9H2,1H3/t13-/m0/s1. The minimum Gasteiger partial charge on any atom is -0.505 e. The molecule has 2 rings (SSSR count). The van der Waals surface area contributed by atoms with Gasteiger partial charge in [-0.15, -0.1) is 0 Å². The number of phenolic OH excluding ortho intramolecular Hbond substituents is 1. The largest absolute Gasteiger partial charge is 0.505 e. The molecule has 2 N–H and O–H groups in total. The van der Waals surface area contributed by atoms with Gasteiger partial charge in [0.15, 0.2) is 11.6 Å². The van der Waals surface area contributed by atoms with Crippen LogP contribution in [0, 0.1) is 5.82 Å². The van der Waals surface area contributed by atoms with E-state index in [2.05, 4.69) is 17.1 Å². The van der Waals surface area contributed by atoms with Crippen LogP contribution >= 0.6 is 0 Å². The summed E-state index contributed by atoms with van der Waals surface area (Å²) in [5.74, 6) is -0.793. The van der Waals surface area contributed by atoms with Gasteiger partial charge in [-0.25, -0.2) is 4.39 Å². The summed E-state index contributed by atoms with van der Waals surface area (Å²) in [4.78, 5) is 2.39. The summed E-state index contributed by atoms with van der Waals surface area (Å²) >= 11 is 0. The zero-order valence-corrected chi connectivity index (χ0v) is 10.8. The smallest absolute Gasteiger partial charge is 0.165 e. The van der Waals surface area contributed by atoms with Gasteiger partial charge in [-0.1, -0.05) is 19.4 Å². The lowest BCUT2D eigenvalue weighted by Gasteiger charge is -2.35. The van der Waals surface area contributed by atoms with Crippen molar-refractivity contribution < 1.29 is 9.50 Å². The normalized spacial score (nSPS) is 18.8. The number of rotatable bonds is 4. The fraction of sp³-hybridized carbons (Fsp3) is 0.571. The number of hydrogen-bond donors (Lipinski definition) is 2. The summed E-state index contributed by atoms with van der Waals surface area (Å²) in [6.45, 7) is 6.11. The van der Waals surface area contributed by atoms with Crippen molar-refractivity contribution >= 4 is 0 Å². The van der Waals surface area contributed by atoms with Crippen LogP contribution in [0.1, 0.15) is 31.4 Å². The van der Waals surface area contributed by atoms with Gasteiger partial charge in [0.25, 0.3) is 0 Å². The Bertz CT molecular complexity index is 391. The van der Waals surface area contributed by atoms with Crippen LogP contribution in [0.5, 0.6) is 5.75 Å². The average Bonchev–Trinajstić information content (AvgIpc) is 2.40. The molecular formula is C14H21FN2O. The van der Waals surface area contributed by atoms with Crippen LogP contribution < -0.4 is 5.32 Å². The summed E-state index contributed by atoms with van der Waals surface area (Å²) in [6.07, 6.45) is 2.08. The topological polar surface area (TPSA) is 35.5 Å². The van der Waals surface area contributed by atoms with Crippen molar-refractivity contribution in [3.63, 3.8) is 0 Å². The van der Waals surface area contributed by atoms with E-state index in [9.17, 15) is 9.50 Å². The highest BCUT2D eigenvalue weighted by atomic mass is 19.1. The monoisotopic (exact) mass is 252 g/mol. The molecule has 0 aliphatic carbocycles. The first-order valence-corrected chi connectivity index (χ1v) is 6.65. The molecule has 0 amide bonds. The van der Waals surface area contributed by atoms with E-state index >= 15 is 0 Å². The van der Waals surface area contributed by atoms with Crippen molar-refractivity contribution in [1.29, 1.82) is 0 Å². The predicted molar refractivity (Wildman–Crippen MR) is 70.2 cm³/mol. The van der Waals surface area contributed by atoms with Crippen LogP contribution in [-0.4, -0.2) is 36.2 Å². The lowest BCUT2D eigenvalue weighted by Crippen LogP contribution is -2.45. The van der Waals surface area contributed by atoms with Gasteiger partial charge in [0, 0.05) is 32.2 Å². The molecule has 1 atom stereocenters. The molecule has 1 saturated heterocycles.